The van der Waals surface area contributed by atoms with Gasteiger partial charge in [-0.05, 0) is 29.8 Å². The van der Waals surface area contributed by atoms with Gasteiger partial charge in [0.05, 0.1) is 22.1 Å². The molecule has 0 aliphatic heterocycles. The predicted octanol–water partition coefficient (Wildman–Crippen LogP) is 2.63. The number of imidazole rings is 1. The van der Waals surface area contributed by atoms with Crippen molar-refractivity contribution in [3.63, 3.8) is 0 Å². The Labute approximate surface area is 120 Å². The van der Waals surface area contributed by atoms with E-state index in [4.69, 9.17) is 5.73 Å². The highest BCUT2D eigenvalue weighted by Gasteiger charge is 2.09. The van der Waals surface area contributed by atoms with Crippen molar-refractivity contribution < 1.29 is 0 Å². The highest BCUT2D eigenvalue weighted by Crippen LogP contribution is 2.24. The van der Waals surface area contributed by atoms with E-state index in [1.807, 2.05) is 36.4 Å². The second-order valence-corrected chi connectivity index (χ2v) is 4.86. The van der Waals surface area contributed by atoms with Crippen molar-refractivity contribution in [2.75, 3.05) is 0 Å². The lowest BCUT2D eigenvalue weighted by atomic mass is 10.2. The van der Waals surface area contributed by atoms with Crippen LogP contribution < -0.4 is 5.73 Å². The normalized spacial score (nSPS) is 11.3. The summed E-state index contributed by atoms with van der Waals surface area (Å²) in [5.74, 6) is 0.818. The van der Waals surface area contributed by atoms with E-state index in [2.05, 4.69) is 19.9 Å². The Morgan fingerprint density at radius 3 is 2.71 bits per heavy atom. The molecule has 0 aliphatic carbocycles. The fourth-order valence-electron chi connectivity index (χ4n) is 2.50. The third-order valence-electron chi connectivity index (χ3n) is 3.56. The van der Waals surface area contributed by atoms with Gasteiger partial charge in [-0.1, -0.05) is 12.1 Å². The Balaban J connectivity index is 1.91. The van der Waals surface area contributed by atoms with Crippen LogP contribution in [0.25, 0.3) is 33.5 Å². The quantitative estimate of drug-likeness (QED) is 0.589. The molecule has 21 heavy (non-hydrogen) atoms. The molecule has 102 valence electrons. The van der Waals surface area contributed by atoms with E-state index in [1.54, 1.807) is 12.4 Å². The van der Waals surface area contributed by atoms with Crippen LogP contribution >= 0.6 is 0 Å². The third-order valence-corrected chi connectivity index (χ3v) is 3.56. The van der Waals surface area contributed by atoms with Gasteiger partial charge in [-0.3, -0.25) is 9.97 Å². The van der Waals surface area contributed by atoms with Crippen molar-refractivity contribution in [3.05, 3.63) is 54.4 Å². The average molecular weight is 275 g/mol. The SMILES string of the molecule is NCc1cccc2[nH]c(-c3ccc4nccnc4c3)nc12. The molecule has 4 aromatic rings. The minimum absolute atomic E-state index is 0.477. The summed E-state index contributed by atoms with van der Waals surface area (Å²) in [4.78, 5) is 16.6. The third kappa shape index (κ3) is 1.95. The number of para-hydroxylation sites is 1. The molecule has 0 spiro atoms. The number of aromatic amines is 1. The van der Waals surface area contributed by atoms with Crippen molar-refractivity contribution in [1.82, 2.24) is 19.9 Å². The number of hydrogen-bond donors (Lipinski definition) is 2. The Morgan fingerprint density at radius 2 is 1.86 bits per heavy atom. The molecule has 0 aliphatic rings. The van der Waals surface area contributed by atoms with Gasteiger partial charge in [-0.25, -0.2) is 4.98 Å². The number of nitrogens with one attached hydrogen (secondary N) is 1. The summed E-state index contributed by atoms with van der Waals surface area (Å²) >= 11 is 0. The minimum Gasteiger partial charge on any atom is -0.338 e. The summed E-state index contributed by atoms with van der Waals surface area (Å²) in [5, 5.41) is 0. The van der Waals surface area contributed by atoms with Crippen LogP contribution in [0.5, 0.6) is 0 Å². The number of benzene rings is 2. The molecule has 2 heterocycles. The van der Waals surface area contributed by atoms with Gasteiger partial charge >= 0.3 is 0 Å². The maximum atomic E-state index is 5.77. The molecule has 2 aromatic heterocycles. The molecular formula is C16H13N5. The van der Waals surface area contributed by atoms with Gasteiger partial charge in [0.25, 0.3) is 0 Å². The number of nitrogens with two attached hydrogens (primary N) is 1. The zero-order valence-electron chi connectivity index (χ0n) is 11.2. The number of rotatable bonds is 2. The molecule has 5 nitrogen and oxygen atoms in total. The molecule has 0 unspecified atom stereocenters. The Bertz CT molecular complexity index is 942. The van der Waals surface area contributed by atoms with Crippen LogP contribution in [0.3, 0.4) is 0 Å². The molecule has 0 atom stereocenters. The first kappa shape index (κ1) is 12.0. The lowest BCUT2D eigenvalue weighted by Gasteiger charge is -1.99. The van der Waals surface area contributed by atoms with Crippen molar-refractivity contribution >= 4 is 22.1 Å². The second kappa shape index (κ2) is 4.64. The number of hydrogen-bond acceptors (Lipinski definition) is 4. The first-order chi connectivity index (χ1) is 10.3. The molecule has 0 amide bonds. The molecular weight excluding hydrogens is 262 g/mol. The van der Waals surface area contributed by atoms with E-state index in [0.717, 1.165) is 39.0 Å². The summed E-state index contributed by atoms with van der Waals surface area (Å²) in [6.07, 6.45) is 3.38. The molecule has 0 fully saturated rings. The topological polar surface area (TPSA) is 80.5 Å². The van der Waals surface area contributed by atoms with Gasteiger partial charge in [0.2, 0.25) is 0 Å². The number of aromatic nitrogens is 4. The van der Waals surface area contributed by atoms with E-state index in [9.17, 15) is 0 Å². The van der Waals surface area contributed by atoms with Gasteiger partial charge in [0.15, 0.2) is 0 Å². The molecule has 4 rings (SSSR count). The van der Waals surface area contributed by atoms with E-state index in [1.165, 1.54) is 0 Å². The van der Waals surface area contributed by atoms with Crippen LogP contribution in [0.1, 0.15) is 5.56 Å². The largest absolute Gasteiger partial charge is 0.338 e. The highest BCUT2D eigenvalue weighted by atomic mass is 14.9. The molecule has 0 saturated carbocycles. The predicted molar refractivity (Wildman–Crippen MR) is 82.5 cm³/mol. The summed E-state index contributed by atoms with van der Waals surface area (Å²) in [7, 11) is 0. The summed E-state index contributed by atoms with van der Waals surface area (Å²) in [6, 6.07) is 11.9. The first-order valence-electron chi connectivity index (χ1n) is 6.74. The van der Waals surface area contributed by atoms with Crippen LogP contribution in [0.15, 0.2) is 48.8 Å². The monoisotopic (exact) mass is 275 g/mol. The summed E-state index contributed by atoms with van der Waals surface area (Å²) in [6.45, 7) is 0.477. The van der Waals surface area contributed by atoms with Crippen molar-refractivity contribution in [3.8, 4) is 11.4 Å². The zero-order valence-corrected chi connectivity index (χ0v) is 11.2. The Morgan fingerprint density at radius 1 is 1.00 bits per heavy atom. The van der Waals surface area contributed by atoms with Crippen LogP contribution in [-0.4, -0.2) is 19.9 Å². The minimum atomic E-state index is 0.477. The standard InChI is InChI=1S/C16H13N5/c17-9-11-2-1-3-13-15(11)21-16(20-13)10-4-5-12-14(8-10)19-7-6-18-12/h1-8H,9,17H2,(H,20,21). The van der Waals surface area contributed by atoms with Gasteiger partial charge in [0, 0.05) is 24.5 Å². The fourth-order valence-corrected chi connectivity index (χ4v) is 2.50. The van der Waals surface area contributed by atoms with E-state index < -0.39 is 0 Å². The first-order valence-corrected chi connectivity index (χ1v) is 6.74. The molecule has 0 saturated heterocycles. The second-order valence-electron chi connectivity index (χ2n) is 4.86. The average Bonchev–Trinajstić information content (AvgIpc) is 2.98. The maximum absolute atomic E-state index is 5.77. The number of H-pyrrole nitrogens is 1. The number of fused-ring (bicyclic) bond motifs is 2. The van der Waals surface area contributed by atoms with E-state index >= 15 is 0 Å². The van der Waals surface area contributed by atoms with E-state index in [0.29, 0.717) is 6.54 Å². The molecule has 2 aromatic carbocycles. The fraction of sp³-hybridized carbons (Fsp3) is 0.0625. The van der Waals surface area contributed by atoms with E-state index in [-0.39, 0.29) is 0 Å². The molecule has 0 radical (unpaired) electrons. The molecule has 5 heteroatoms. The molecule has 0 bridgehead atoms. The van der Waals surface area contributed by atoms with Crippen molar-refractivity contribution in [2.45, 2.75) is 6.54 Å². The van der Waals surface area contributed by atoms with Crippen molar-refractivity contribution in [2.24, 2.45) is 5.73 Å². The zero-order chi connectivity index (χ0) is 14.2. The Kier molecular flexibility index (Phi) is 2.65. The van der Waals surface area contributed by atoms with Gasteiger partial charge < -0.3 is 10.7 Å². The van der Waals surface area contributed by atoms with Gasteiger partial charge in [0.1, 0.15) is 5.82 Å². The smallest absolute Gasteiger partial charge is 0.138 e. The van der Waals surface area contributed by atoms with Crippen LogP contribution in [0.4, 0.5) is 0 Å². The summed E-state index contributed by atoms with van der Waals surface area (Å²) in [5.41, 5.74) is 11.4. The lowest BCUT2D eigenvalue weighted by Crippen LogP contribution is -1.96. The van der Waals surface area contributed by atoms with Gasteiger partial charge in [-0.15, -0.1) is 0 Å². The van der Waals surface area contributed by atoms with Gasteiger partial charge in [-0.2, -0.15) is 0 Å². The Hall–Kier alpha value is -2.79. The van der Waals surface area contributed by atoms with Crippen molar-refractivity contribution in [1.29, 1.82) is 0 Å². The maximum Gasteiger partial charge on any atom is 0.138 e. The molecule has 3 N–H and O–H groups in total. The highest BCUT2D eigenvalue weighted by molar-refractivity contribution is 5.85. The number of nitrogens with zero attached hydrogens (tertiary/aromatic N) is 3. The van der Waals surface area contributed by atoms with Crippen LogP contribution in [0.2, 0.25) is 0 Å². The van der Waals surface area contributed by atoms with Crippen LogP contribution in [0, 0.1) is 0 Å². The summed E-state index contributed by atoms with van der Waals surface area (Å²) < 4.78 is 0. The lowest BCUT2D eigenvalue weighted by molar-refractivity contribution is 1.08. The van der Waals surface area contributed by atoms with Crippen LogP contribution in [-0.2, 0) is 6.54 Å².